The first-order valence-electron chi connectivity index (χ1n) is 17.3. The summed E-state index contributed by atoms with van der Waals surface area (Å²) in [6.07, 6.45) is -7.73. The van der Waals surface area contributed by atoms with Crippen LogP contribution in [0.15, 0.2) is 96.1 Å². The summed E-state index contributed by atoms with van der Waals surface area (Å²) in [5.74, 6) is -4.48. The van der Waals surface area contributed by atoms with Gasteiger partial charge in [-0.2, -0.15) is 26.3 Å². The van der Waals surface area contributed by atoms with Crippen molar-refractivity contribution in [2.45, 2.75) is 57.4 Å². The molecule has 53 heavy (non-hydrogen) atoms. The molecule has 0 aromatic heterocycles. The third kappa shape index (κ3) is 6.88. The van der Waals surface area contributed by atoms with E-state index in [9.17, 15) is 46.1 Å². The Morgan fingerprint density at radius 1 is 0.868 bits per heavy atom. The van der Waals surface area contributed by atoms with Gasteiger partial charge in [0, 0.05) is 5.39 Å². The number of amides is 2. The summed E-state index contributed by atoms with van der Waals surface area (Å²) >= 11 is 0. The Morgan fingerprint density at radius 3 is 2.15 bits per heavy atom. The van der Waals surface area contributed by atoms with Crippen LogP contribution in [0.2, 0.25) is 6.32 Å². The van der Waals surface area contributed by atoms with Crippen molar-refractivity contribution < 1.29 is 50.7 Å². The first kappa shape index (κ1) is 36.5. The molecule has 0 radical (unpaired) electrons. The normalized spacial score (nSPS) is 22.5. The smallest absolute Gasteiger partial charge is 0.455 e. The van der Waals surface area contributed by atoms with Gasteiger partial charge in [0.2, 0.25) is 11.8 Å². The van der Waals surface area contributed by atoms with Crippen LogP contribution in [0, 0.1) is 17.8 Å². The third-order valence-electron chi connectivity index (χ3n) is 10.7. The van der Waals surface area contributed by atoms with Crippen LogP contribution in [0.4, 0.5) is 32.0 Å². The van der Waals surface area contributed by atoms with Crippen molar-refractivity contribution in [1.29, 1.82) is 0 Å². The van der Waals surface area contributed by atoms with Crippen LogP contribution >= 0.6 is 0 Å². The second-order valence-corrected chi connectivity index (χ2v) is 13.7. The van der Waals surface area contributed by atoms with Crippen molar-refractivity contribution in [3.63, 3.8) is 0 Å². The quantitative estimate of drug-likeness (QED) is 0.0651. The molecular formula is C40H34BF6NO5. The average molecular weight is 734 g/mol. The number of hydrogen-bond acceptors (Lipinski definition) is 5. The topological polar surface area (TPSA) is 87.1 Å². The van der Waals surface area contributed by atoms with E-state index in [1.807, 2.05) is 73.7 Å². The summed E-state index contributed by atoms with van der Waals surface area (Å²) < 4.78 is 88.6. The van der Waals surface area contributed by atoms with Gasteiger partial charge in [-0.1, -0.05) is 79.2 Å². The number of nitrogens with zero attached hydrogens (tertiary/aromatic N) is 1. The van der Waals surface area contributed by atoms with E-state index in [1.165, 1.54) is 0 Å². The van der Waals surface area contributed by atoms with Crippen LogP contribution < -0.4 is 4.90 Å². The molecule has 2 fully saturated rings. The van der Waals surface area contributed by atoms with Crippen LogP contribution in [0.1, 0.15) is 54.9 Å². The van der Waals surface area contributed by atoms with Gasteiger partial charge in [-0.3, -0.25) is 9.59 Å². The highest BCUT2D eigenvalue weighted by Gasteiger charge is 2.58. The molecule has 13 heteroatoms. The molecule has 4 atom stereocenters. The molecular weight excluding hydrogens is 699 g/mol. The summed E-state index contributed by atoms with van der Waals surface area (Å²) in [6.45, 7) is 1.87. The highest BCUT2D eigenvalue weighted by molar-refractivity contribution is 6.43. The fourth-order valence-electron chi connectivity index (χ4n) is 8.28. The Hall–Kier alpha value is -4.88. The van der Waals surface area contributed by atoms with Crippen LogP contribution in [0.25, 0.3) is 22.4 Å². The zero-order chi connectivity index (χ0) is 37.8. The highest BCUT2D eigenvalue weighted by Crippen LogP contribution is 2.52. The van der Waals surface area contributed by atoms with Crippen molar-refractivity contribution >= 4 is 47.0 Å². The maximum Gasteiger partial charge on any atom is 0.455 e. The van der Waals surface area contributed by atoms with Gasteiger partial charge in [0.25, 0.3) is 0 Å². The Balaban J connectivity index is 1.23. The number of phenolic OH excluding ortho intramolecular Hbond substituents is 1. The summed E-state index contributed by atoms with van der Waals surface area (Å²) in [4.78, 5) is 28.4. The fraction of sp³-hybridized carbons (Fsp3) is 0.300. The number of carbonyl (C=O) groups is 2. The predicted octanol–water partition coefficient (Wildman–Crippen LogP) is 9.32. The number of aromatic hydroxyl groups is 1. The van der Waals surface area contributed by atoms with Gasteiger partial charge in [-0.25, -0.2) is 4.90 Å². The van der Waals surface area contributed by atoms with E-state index < -0.39 is 72.0 Å². The van der Waals surface area contributed by atoms with Crippen LogP contribution in [-0.4, -0.2) is 35.2 Å². The summed E-state index contributed by atoms with van der Waals surface area (Å²) in [6, 6.07) is 21.3. The Morgan fingerprint density at radius 2 is 1.51 bits per heavy atom. The average Bonchev–Trinajstić information content (AvgIpc) is 3.38. The molecule has 2 aliphatic heterocycles. The Bertz CT molecular complexity index is 2110. The number of phenols is 1. The Kier molecular flexibility index (Phi) is 9.52. The Labute approximate surface area is 301 Å². The number of rotatable bonds is 7. The van der Waals surface area contributed by atoms with Gasteiger partial charge in [0.15, 0.2) is 0 Å². The molecule has 2 N–H and O–H groups in total. The summed E-state index contributed by atoms with van der Waals surface area (Å²) in [5, 5.41) is 23.0. The molecule has 0 bridgehead atoms. The first-order valence-corrected chi connectivity index (χ1v) is 17.3. The maximum atomic E-state index is 14.1. The number of hydrogen-bond donors (Lipinski definition) is 2. The van der Waals surface area contributed by atoms with Gasteiger partial charge < -0.3 is 14.8 Å². The number of alkyl halides is 6. The molecule has 2 saturated heterocycles. The van der Waals surface area contributed by atoms with Gasteiger partial charge in [0.1, 0.15) is 5.75 Å². The number of fused-ring (bicyclic) bond motifs is 4. The first-order chi connectivity index (χ1) is 25.2. The molecule has 1 aliphatic carbocycles. The summed E-state index contributed by atoms with van der Waals surface area (Å²) in [5.41, 5.74) is 0.224. The largest absolute Gasteiger partial charge is 0.507 e. The molecule has 0 unspecified atom stereocenters. The monoisotopic (exact) mass is 733 g/mol. The lowest BCUT2D eigenvalue weighted by Crippen LogP contribution is -2.46. The van der Waals surface area contributed by atoms with Crippen molar-refractivity contribution in [3.05, 3.63) is 118 Å². The number of carbonyl (C=O) groups excluding carboxylic acids is 2. The maximum absolute atomic E-state index is 14.1. The van der Waals surface area contributed by atoms with Gasteiger partial charge in [-0.15, -0.1) is 0 Å². The molecule has 2 amide bonds. The minimum atomic E-state index is -5.17. The standard InChI is InChI=1S/C40H34BF6NO5/c1-2-22-17-31-36(38(51)48(37(31)50)28-19-26(39(42,43)44)18-27(20-28)40(45,46)47)32-21-41(52)53-34(35(22)32)15-13-24(23-8-4-3-5-9-23)16-25-12-14-33(49)30-11-7-6-10-29(25)30/h3-12,14,16,18-20,31-32,34,36,49,52H,2,13,15,17,21H2,1H3/b24-16-/t31-,32+,34-,36-/m1/s1. The van der Waals surface area contributed by atoms with Gasteiger partial charge >= 0.3 is 19.5 Å². The molecule has 2 heterocycles. The molecule has 0 saturated carbocycles. The zero-order valence-corrected chi connectivity index (χ0v) is 28.4. The van der Waals surface area contributed by atoms with Crippen LogP contribution in [-0.2, 0) is 26.6 Å². The molecule has 4 aromatic carbocycles. The van der Waals surface area contributed by atoms with E-state index in [1.54, 1.807) is 6.07 Å². The van der Waals surface area contributed by atoms with Crippen molar-refractivity contribution in [1.82, 2.24) is 0 Å². The van der Waals surface area contributed by atoms with E-state index >= 15 is 0 Å². The molecule has 3 aliphatic rings. The summed E-state index contributed by atoms with van der Waals surface area (Å²) in [7, 11) is -1.34. The molecule has 4 aromatic rings. The predicted molar refractivity (Wildman–Crippen MR) is 188 cm³/mol. The van der Waals surface area contributed by atoms with E-state index in [2.05, 4.69) is 0 Å². The minimum absolute atomic E-state index is 0.0435. The van der Waals surface area contributed by atoms with Crippen molar-refractivity contribution in [2.75, 3.05) is 4.90 Å². The third-order valence-corrected chi connectivity index (χ3v) is 10.7. The number of imide groups is 1. The fourth-order valence-corrected chi connectivity index (χ4v) is 8.28. The molecule has 6 nitrogen and oxygen atoms in total. The second-order valence-electron chi connectivity index (χ2n) is 13.7. The van der Waals surface area contributed by atoms with Crippen molar-refractivity contribution in [2.24, 2.45) is 17.8 Å². The van der Waals surface area contributed by atoms with E-state index in [0.717, 1.165) is 33.2 Å². The van der Waals surface area contributed by atoms with Crippen molar-refractivity contribution in [3.8, 4) is 5.75 Å². The molecule has 0 spiro atoms. The lowest BCUT2D eigenvalue weighted by Gasteiger charge is -2.43. The van der Waals surface area contributed by atoms with Crippen LogP contribution in [0.3, 0.4) is 0 Å². The lowest BCUT2D eigenvalue weighted by atomic mass is 9.58. The van der Waals surface area contributed by atoms with Gasteiger partial charge in [-0.05, 0) is 89.8 Å². The minimum Gasteiger partial charge on any atom is -0.507 e. The van der Waals surface area contributed by atoms with Crippen LogP contribution in [0.5, 0.6) is 5.75 Å². The number of allylic oxidation sites excluding steroid dienone is 2. The van der Waals surface area contributed by atoms with Gasteiger partial charge in [0.05, 0.1) is 34.8 Å². The lowest BCUT2D eigenvalue weighted by molar-refractivity contribution is -0.143. The molecule has 7 rings (SSSR count). The number of anilines is 1. The van der Waals surface area contributed by atoms with E-state index in [4.69, 9.17) is 4.65 Å². The highest BCUT2D eigenvalue weighted by atomic mass is 19.4. The van der Waals surface area contributed by atoms with E-state index in [-0.39, 0.29) is 24.6 Å². The number of benzene rings is 4. The molecule has 274 valence electrons. The SMILES string of the molecule is CCC1=C2[C@@H](CC/C(=C/c3ccc(O)c4ccccc34)c3ccccc3)OB(O)C[C@@H]2[C@@H]2C(=O)N(c3cc(C(F)(F)F)cc(C(F)(F)F)c3)C(=O)[C@@H]2C1. The second kappa shape index (κ2) is 13.8. The zero-order valence-electron chi connectivity index (χ0n) is 28.4. The van der Waals surface area contributed by atoms with E-state index in [0.29, 0.717) is 41.7 Å². The number of halogens is 6.